The molecule has 0 heterocycles. The zero-order chi connectivity index (χ0) is 7.28. The lowest BCUT2D eigenvalue weighted by Crippen LogP contribution is -1.82. The van der Waals surface area contributed by atoms with Crippen molar-refractivity contribution < 1.29 is 8.78 Å². The molecule has 0 radical (unpaired) electrons. The van der Waals surface area contributed by atoms with Crippen LogP contribution < -0.4 is 0 Å². The second kappa shape index (κ2) is 4.24. The fourth-order valence-electron chi connectivity index (χ4n) is 0.517. The molecule has 0 saturated heterocycles. The lowest BCUT2D eigenvalue weighted by Gasteiger charge is -1.89. The van der Waals surface area contributed by atoms with Gasteiger partial charge in [0.2, 0.25) is 0 Å². The van der Waals surface area contributed by atoms with Gasteiger partial charge in [0.05, 0.1) is 0 Å². The molecular formula is C7H10F2. The molecule has 0 rings (SSSR count). The molecule has 0 bridgehead atoms. The molecule has 0 aromatic carbocycles. The molecule has 0 amide bonds. The molecule has 0 unspecified atom stereocenters. The Bertz CT molecular complexity index is 123. The molecular weight excluding hydrogens is 122 g/mol. The number of rotatable bonds is 2. The quantitative estimate of drug-likeness (QED) is 0.507. The van der Waals surface area contributed by atoms with E-state index >= 15 is 0 Å². The van der Waals surface area contributed by atoms with E-state index in [9.17, 15) is 8.78 Å². The summed E-state index contributed by atoms with van der Waals surface area (Å²) >= 11 is 0. The summed E-state index contributed by atoms with van der Waals surface area (Å²) in [5.74, 6) is 0. The van der Waals surface area contributed by atoms with Gasteiger partial charge in [-0.2, -0.15) is 0 Å². The highest BCUT2D eigenvalue weighted by atomic mass is 19.3. The Hall–Kier alpha value is -0.660. The average molecular weight is 132 g/mol. The minimum absolute atomic E-state index is 0.604. The van der Waals surface area contributed by atoms with E-state index in [1.54, 1.807) is 26.0 Å². The Balaban J connectivity index is 3.84. The third-order valence-electron chi connectivity index (χ3n) is 0.818. The normalized spacial score (nSPS) is 13.7. The minimum Gasteiger partial charge on any atom is -0.206 e. The van der Waals surface area contributed by atoms with Crippen LogP contribution in [0.4, 0.5) is 8.78 Å². The van der Waals surface area contributed by atoms with Crippen molar-refractivity contribution >= 4 is 0 Å². The first-order valence-electron chi connectivity index (χ1n) is 2.76. The van der Waals surface area contributed by atoms with Gasteiger partial charge < -0.3 is 0 Å². The zero-order valence-electron chi connectivity index (χ0n) is 5.57. The van der Waals surface area contributed by atoms with Crippen LogP contribution in [0.15, 0.2) is 23.8 Å². The molecule has 2 heteroatoms. The van der Waals surface area contributed by atoms with Crippen LogP contribution in [0.1, 0.15) is 13.8 Å². The second-order valence-corrected chi connectivity index (χ2v) is 1.75. The van der Waals surface area contributed by atoms with E-state index < -0.39 is 6.43 Å². The van der Waals surface area contributed by atoms with Crippen molar-refractivity contribution in [1.29, 1.82) is 0 Å². The summed E-state index contributed by atoms with van der Waals surface area (Å²) in [7, 11) is 0. The highest BCUT2D eigenvalue weighted by molar-refractivity contribution is 5.15. The first kappa shape index (κ1) is 8.34. The van der Waals surface area contributed by atoms with Gasteiger partial charge in [0, 0.05) is 0 Å². The van der Waals surface area contributed by atoms with Crippen LogP contribution in [0, 0.1) is 0 Å². The van der Waals surface area contributed by atoms with Gasteiger partial charge in [0.25, 0.3) is 6.43 Å². The van der Waals surface area contributed by atoms with Gasteiger partial charge >= 0.3 is 0 Å². The van der Waals surface area contributed by atoms with Gasteiger partial charge in [-0.05, 0) is 25.5 Å². The molecule has 0 aliphatic carbocycles. The summed E-state index contributed by atoms with van der Waals surface area (Å²) in [5.41, 5.74) is 0.604. The molecule has 0 aliphatic heterocycles. The number of alkyl halides is 2. The van der Waals surface area contributed by atoms with Crippen molar-refractivity contribution in [3.8, 4) is 0 Å². The van der Waals surface area contributed by atoms with Crippen LogP contribution in [-0.2, 0) is 0 Å². The first-order valence-corrected chi connectivity index (χ1v) is 2.76. The van der Waals surface area contributed by atoms with Crippen molar-refractivity contribution in [2.24, 2.45) is 0 Å². The standard InChI is InChI=1S/C7H10F2/c1-3-4-6(2)5-7(8)9/h3-5,7H,1-2H3/b4-3-,6-5-. The van der Waals surface area contributed by atoms with Crippen molar-refractivity contribution in [2.45, 2.75) is 20.3 Å². The van der Waals surface area contributed by atoms with Crippen LogP contribution >= 0.6 is 0 Å². The molecule has 0 saturated carbocycles. The summed E-state index contributed by atoms with van der Waals surface area (Å²) in [6.45, 7) is 3.44. The number of hydrogen-bond acceptors (Lipinski definition) is 0. The van der Waals surface area contributed by atoms with E-state index in [4.69, 9.17) is 0 Å². The smallest absolute Gasteiger partial charge is 0.206 e. The molecule has 0 fully saturated rings. The molecule has 0 aromatic rings. The maximum Gasteiger partial charge on any atom is 0.257 e. The van der Waals surface area contributed by atoms with Gasteiger partial charge in [0.1, 0.15) is 0 Å². The molecule has 0 nitrogen and oxygen atoms in total. The van der Waals surface area contributed by atoms with E-state index in [1.165, 1.54) is 0 Å². The summed E-state index contributed by atoms with van der Waals surface area (Å²) < 4.78 is 23.0. The summed E-state index contributed by atoms with van der Waals surface area (Å²) in [6, 6.07) is 0. The Labute approximate surface area is 53.9 Å². The first-order chi connectivity index (χ1) is 4.16. The largest absolute Gasteiger partial charge is 0.257 e. The SMILES string of the molecule is C/C=C\C(C)=C/C(F)F. The fourth-order valence-corrected chi connectivity index (χ4v) is 0.517. The van der Waals surface area contributed by atoms with E-state index in [1.807, 2.05) is 0 Å². The number of allylic oxidation sites excluding steroid dienone is 4. The lowest BCUT2D eigenvalue weighted by atomic mass is 10.2. The van der Waals surface area contributed by atoms with Gasteiger partial charge in [0.15, 0.2) is 0 Å². The lowest BCUT2D eigenvalue weighted by molar-refractivity contribution is 0.203. The Morgan fingerprint density at radius 1 is 1.44 bits per heavy atom. The molecule has 9 heavy (non-hydrogen) atoms. The maximum absolute atomic E-state index is 11.5. The molecule has 0 atom stereocenters. The number of halogens is 2. The molecule has 0 spiro atoms. The summed E-state index contributed by atoms with van der Waals surface area (Å²) in [6.07, 6.45) is 1.96. The Kier molecular flexibility index (Phi) is 3.93. The van der Waals surface area contributed by atoms with Crippen molar-refractivity contribution in [1.82, 2.24) is 0 Å². The number of hydrogen-bond donors (Lipinski definition) is 0. The molecule has 52 valence electrons. The highest BCUT2D eigenvalue weighted by Crippen LogP contribution is 2.01. The minimum atomic E-state index is -2.33. The maximum atomic E-state index is 11.5. The molecule has 0 aliphatic rings. The molecule has 0 N–H and O–H groups in total. The second-order valence-electron chi connectivity index (χ2n) is 1.75. The van der Waals surface area contributed by atoms with Crippen molar-refractivity contribution in [3.63, 3.8) is 0 Å². The Morgan fingerprint density at radius 3 is 2.33 bits per heavy atom. The van der Waals surface area contributed by atoms with E-state index in [0.29, 0.717) is 5.57 Å². The third-order valence-corrected chi connectivity index (χ3v) is 0.818. The third kappa shape index (κ3) is 5.21. The molecule has 0 aromatic heterocycles. The van der Waals surface area contributed by atoms with Gasteiger partial charge in [-0.1, -0.05) is 12.2 Å². The van der Waals surface area contributed by atoms with Gasteiger partial charge in [-0.3, -0.25) is 0 Å². The Morgan fingerprint density at radius 2 is 2.00 bits per heavy atom. The summed E-state index contributed by atoms with van der Waals surface area (Å²) in [5, 5.41) is 0. The van der Waals surface area contributed by atoms with E-state index in [0.717, 1.165) is 6.08 Å². The average Bonchev–Trinajstić information content (AvgIpc) is 1.63. The predicted octanol–water partition coefficient (Wildman–Crippen LogP) is 2.77. The fraction of sp³-hybridized carbons (Fsp3) is 0.429. The topological polar surface area (TPSA) is 0 Å². The predicted molar refractivity (Wildman–Crippen MR) is 34.6 cm³/mol. The van der Waals surface area contributed by atoms with Crippen LogP contribution in [0.2, 0.25) is 0 Å². The van der Waals surface area contributed by atoms with E-state index in [2.05, 4.69) is 0 Å². The summed E-state index contributed by atoms with van der Waals surface area (Å²) in [4.78, 5) is 0. The van der Waals surface area contributed by atoms with Crippen LogP contribution in [0.3, 0.4) is 0 Å². The van der Waals surface area contributed by atoms with Crippen LogP contribution in [0.25, 0.3) is 0 Å². The van der Waals surface area contributed by atoms with Crippen LogP contribution in [0.5, 0.6) is 0 Å². The van der Waals surface area contributed by atoms with Crippen molar-refractivity contribution in [3.05, 3.63) is 23.8 Å². The van der Waals surface area contributed by atoms with Gasteiger partial charge in [-0.25, -0.2) is 8.78 Å². The van der Waals surface area contributed by atoms with Crippen LogP contribution in [-0.4, -0.2) is 6.43 Å². The van der Waals surface area contributed by atoms with E-state index in [-0.39, 0.29) is 0 Å². The van der Waals surface area contributed by atoms with Gasteiger partial charge in [-0.15, -0.1) is 0 Å². The van der Waals surface area contributed by atoms with Crippen molar-refractivity contribution in [2.75, 3.05) is 0 Å². The monoisotopic (exact) mass is 132 g/mol. The zero-order valence-corrected chi connectivity index (χ0v) is 5.57. The highest BCUT2D eigenvalue weighted by Gasteiger charge is 1.93.